The van der Waals surface area contributed by atoms with Crippen LogP contribution in [0.4, 0.5) is 0 Å². The summed E-state index contributed by atoms with van der Waals surface area (Å²) in [5.74, 6) is 0.508. The maximum Gasteiger partial charge on any atom is 0.335 e. The monoisotopic (exact) mass is 647 g/mol. The van der Waals surface area contributed by atoms with Crippen molar-refractivity contribution >= 4 is 5.97 Å². The van der Waals surface area contributed by atoms with Crippen molar-refractivity contribution in [3.05, 3.63) is 136 Å². The lowest BCUT2D eigenvalue weighted by Crippen LogP contribution is -2.30. The van der Waals surface area contributed by atoms with E-state index in [9.17, 15) is 4.79 Å². The summed E-state index contributed by atoms with van der Waals surface area (Å²) in [6, 6.07) is 33.2. The number of benzene rings is 4. The van der Waals surface area contributed by atoms with Crippen LogP contribution < -0.4 is 4.74 Å². The van der Waals surface area contributed by atoms with E-state index in [2.05, 4.69) is 85.6 Å². The molecule has 4 aromatic rings. The average molecular weight is 648 g/mol. The highest BCUT2D eigenvalue weighted by Crippen LogP contribution is 2.38. The van der Waals surface area contributed by atoms with Gasteiger partial charge in [-0.15, -0.1) is 0 Å². The fourth-order valence-corrected chi connectivity index (χ4v) is 6.96. The summed E-state index contributed by atoms with van der Waals surface area (Å²) in [6.07, 6.45) is 7.63. The van der Waals surface area contributed by atoms with Crippen LogP contribution in [0.15, 0.2) is 91.0 Å². The molecule has 4 aromatic carbocycles. The number of carbonyl (C=O) groups excluding carboxylic acids is 1. The summed E-state index contributed by atoms with van der Waals surface area (Å²) < 4.78 is 17.1. The Kier molecular flexibility index (Phi) is 13.3. The van der Waals surface area contributed by atoms with Gasteiger partial charge in [0.05, 0.1) is 12.6 Å². The summed E-state index contributed by atoms with van der Waals surface area (Å²) in [4.78, 5) is 14.8. The summed E-state index contributed by atoms with van der Waals surface area (Å²) in [5.41, 5.74) is 11.2. The van der Waals surface area contributed by atoms with Crippen molar-refractivity contribution in [1.82, 2.24) is 4.90 Å². The van der Waals surface area contributed by atoms with E-state index >= 15 is 0 Å². The first-order chi connectivity index (χ1) is 23.5. The number of hydrogen-bond acceptors (Lipinski definition) is 5. The van der Waals surface area contributed by atoms with Crippen LogP contribution in [0, 0.1) is 0 Å². The normalized spacial score (nSPS) is 14.6. The van der Waals surface area contributed by atoms with Crippen LogP contribution in [0.1, 0.15) is 84.2 Å². The first-order valence-corrected chi connectivity index (χ1v) is 18.0. The zero-order chi connectivity index (χ0) is 33.7. The van der Waals surface area contributed by atoms with Gasteiger partial charge in [-0.1, -0.05) is 92.2 Å². The smallest absolute Gasteiger partial charge is 0.335 e. The van der Waals surface area contributed by atoms with Gasteiger partial charge >= 0.3 is 5.97 Å². The van der Waals surface area contributed by atoms with Gasteiger partial charge in [0.25, 0.3) is 0 Å². The molecule has 0 heterocycles. The first-order valence-electron chi connectivity index (χ1n) is 18.0. The number of likely N-dealkylation sites (N-methyl/N-ethyl adjacent to an activating group) is 1. The summed E-state index contributed by atoms with van der Waals surface area (Å²) in [5, 5.41) is 0. The van der Waals surface area contributed by atoms with Crippen LogP contribution in [0.5, 0.6) is 5.75 Å². The van der Waals surface area contributed by atoms with Gasteiger partial charge in [-0.3, -0.25) is 4.90 Å². The van der Waals surface area contributed by atoms with Gasteiger partial charge in [0.15, 0.2) is 6.10 Å². The SMILES string of the molecule is CCCCc1ccc2c(c1)C(N(C)CCOc1ccc(CC(OCC)C(=O)OCC)cc1)c1cccc(CCc3ccccc3)c1CC2. The number of unbranched alkanes of at least 4 members (excludes halogenated alkanes) is 1. The molecule has 0 amide bonds. The van der Waals surface area contributed by atoms with Crippen molar-refractivity contribution in [2.24, 2.45) is 0 Å². The number of esters is 1. The Bertz CT molecular complexity index is 1580. The number of rotatable bonds is 17. The first kappa shape index (κ1) is 35.4. The van der Waals surface area contributed by atoms with Crippen LogP contribution in [0.3, 0.4) is 0 Å². The molecule has 254 valence electrons. The summed E-state index contributed by atoms with van der Waals surface area (Å²) in [6.45, 7) is 8.14. The number of hydrogen-bond donors (Lipinski definition) is 0. The third-order valence-electron chi connectivity index (χ3n) is 9.51. The molecule has 0 radical (unpaired) electrons. The van der Waals surface area contributed by atoms with E-state index in [1.54, 1.807) is 0 Å². The minimum Gasteiger partial charge on any atom is -0.492 e. The third-order valence-corrected chi connectivity index (χ3v) is 9.51. The molecule has 5 heteroatoms. The van der Waals surface area contributed by atoms with Gasteiger partial charge in [0.1, 0.15) is 12.4 Å². The van der Waals surface area contributed by atoms with Crippen molar-refractivity contribution in [3.63, 3.8) is 0 Å². The van der Waals surface area contributed by atoms with Crippen LogP contribution in [0.25, 0.3) is 0 Å². The molecule has 5 nitrogen and oxygen atoms in total. The number of fused-ring (bicyclic) bond motifs is 2. The molecule has 0 aliphatic heterocycles. The molecule has 0 bridgehead atoms. The van der Waals surface area contributed by atoms with Gasteiger partial charge in [0, 0.05) is 19.6 Å². The molecule has 0 saturated carbocycles. The van der Waals surface area contributed by atoms with Gasteiger partial charge < -0.3 is 14.2 Å². The van der Waals surface area contributed by atoms with E-state index in [-0.39, 0.29) is 12.0 Å². The number of nitrogens with zero attached hydrogens (tertiary/aromatic N) is 1. The molecule has 0 fully saturated rings. The predicted molar refractivity (Wildman–Crippen MR) is 195 cm³/mol. The molecule has 0 aromatic heterocycles. The van der Waals surface area contributed by atoms with Gasteiger partial charge in [-0.05, 0) is 116 Å². The molecule has 0 N–H and O–H groups in total. The van der Waals surface area contributed by atoms with E-state index in [0.717, 1.165) is 50.0 Å². The number of ether oxygens (including phenoxy) is 3. The maximum atomic E-state index is 12.3. The summed E-state index contributed by atoms with van der Waals surface area (Å²) >= 11 is 0. The molecule has 2 unspecified atom stereocenters. The van der Waals surface area contributed by atoms with Gasteiger partial charge in [0.2, 0.25) is 0 Å². The van der Waals surface area contributed by atoms with Crippen molar-refractivity contribution in [2.75, 3.05) is 33.4 Å². The Hall–Kier alpha value is -3.93. The van der Waals surface area contributed by atoms with E-state index in [1.807, 2.05) is 38.1 Å². The molecule has 0 saturated heterocycles. The zero-order valence-corrected chi connectivity index (χ0v) is 29.4. The fourth-order valence-electron chi connectivity index (χ4n) is 6.96. The second-order valence-electron chi connectivity index (χ2n) is 12.9. The number of aryl methyl sites for hydroxylation is 4. The van der Waals surface area contributed by atoms with Crippen molar-refractivity contribution < 1.29 is 19.0 Å². The van der Waals surface area contributed by atoms with E-state index in [1.165, 1.54) is 51.8 Å². The standard InChI is InChI=1S/C43H53NO4/c1-5-8-13-33-19-23-36-24-27-38-35(22-18-32-14-10-9-11-15-32)16-12-17-39(38)42(40(36)30-33)44(4)28-29-48-37-25-20-34(21-26-37)31-41(46-6-2)43(45)47-7-3/h9-12,14-17,19-21,23,25-26,30,41-42H,5-8,13,18,22,24,27-29,31H2,1-4H3. The zero-order valence-electron chi connectivity index (χ0n) is 29.4. The Morgan fingerprint density at radius 1 is 0.792 bits per heavy atom. The Morgan fingerprint density at radius 2 is 1.58 bits per heavy atom. The molecule has 48 heavy (non-hydrogen) atoms. The van der Waals surface area contributed by atoms with Crippen LogP contribution >= 0.6 is 0 Å². The molecule has 5 rings (SSSR count). The Balaban J connectivity index is 1.32. The third kappa shape index (κ3) is 9.36. The van der Waals surface area contributed by atoms with Crippen molar-refractivity contribution in [1.29, 1.82) is 0 Å². The largest absolute Gasteiger partial charge is 0.492 e. The second-order valence-corrected chi connectivity index (χ2v) is 12.9. The van der Waals surface area contributed by atoms with Crippen LogP contribution in [-0.4, -0.2) is 50.4 Å². The second kappa shape index (κ2) is 18.0. The van der Waals surface area contributed by atoms with E-state index in [0.29, 0.717) is 26.2 Å². The highest BCUT2D eigenvalue weighted by Gasteiger charge is 2.28. The highest BCUT2D eigenvalue weighted by molar-refractivity contribution is 5.75. The fraction of sp³-hybridized carbons (Fsp3) is 0.419. The number of carbonyl (C=O) groups is 1. The summed E-state index contributed by atoms with van der Waals surface area (Å²) in [7, 11) is 2.24. The molecular formula is C43H53NO4. The van der Waals surface area contributed by atoms with Crippen LogP contribution in [-0.2, 0) is 52.8 Å². The van der Waals surface area contributed by atoms with E-state index < -0.39 is 6.10 Å². The minimum absolute atomic E-state index is 0.167. The predicted octanol–water partition coefficient (Wildman–Crippen LogP) is 8.52. The highest BCUT2D eigenvalue weighted by atomic mass is 16.6. The lowest BCUT2D eigenvalue weighted by atomic mass is 9.88. The lowest BCUT2D eigenvalue weighted by molar-refractivity contribution is -0.156. The average Bonchev–Trinajstić information content (AvgIpc) is 3.27. The van der Waals surface area contributed by atoms with Gasteiger partial charge in [-0.2, -0.15) is 0 Å². The molecule has 1 aliphatic carbocycles. The van der Waals surface area contributed by atoms with Gasteiger partial charge in [-0.25, -0.2) is 4.79 Å². The van der Waals surface area contributed by atoms with Crippen molar-refractivity contribution in [3.8, 4) is 5.75 Å². The molecular weight excluding hydrogens is 594 g/mol. The maximum absolute atomic E-state index is 12.3. The minimum atomic E-state index is -0.595. The molecule has 2 atom stereocenters. The Labute approximate surface area is 288 Å². The topological polar surface area (TPSA) is 48.0 Å². The van der Waals surface area contributed by atoms with Crippen LogP contribution in [0.2, 0.25) is 0 Å². The molecule has 1 aliphatic rings. The van der Waals surface area contributed by atoms with Crippen molar-refractivity contribution in [2.45, 2.75) is 84.3 Å². The Morgan fingerprint density at radius 3 is 2.33 bits per heavy atom. The van der Waals surface area contributed by atoms with E-state index in [4.69, 9.17) is 14.2 Å². The molecule has 0 spiro atoms. The quantitative estimate of drug-likeness (QED) is 0.108. The lowest BCUT2D eigenvalue weighted by Gasteiger charge is -2.31.